The molecule has 0 bridgehead atoms. The van der Waals surface area contributed by atoms with Crippen LogP contribution in [-0.2, 0) is 6.54 Å². The first kappa shape index (κ1) is 11.9. The van der Waals surface area contributed by atoms with Crippen molar-refractivity contribution in [3.63, 3.8) is 0 Å². The van der Waals surface area contributed by atoms with Crippen LogP contribution in [0, 0.1) is 0 Å². The Morgan fingerprint density at radius 3 is 3.06 bits per heavy atom. The van der Waals surface area contributed by atoms with Gasteiger partial charge in [0.25, 0.3) is 0 Å². The second kappa shape index (κ2) is 5.15. The first-order valence-corrected chi connectivity index (χ1v) is 6.08. The number of hydrogen-bond donors (Lipinski definition) is 0. The zero-order chi connectivity index (χ0) is 12.3. The molecule has 2 rings (SSSR count). The molecule has 1 heterocycles. The number of fused-ring (bicyclic) bond motifs is 1. The lowest BCUT2D eigenvalue weighted by Gasteiger charge is -2.03. The van der Waals surface area contributed by atoms with Gasteiger partial charge in [0.2, 0.25) is 0 Å². The van der Waals surface area contributed by atoms with E-state index in [2.05, 4.69) is 40.3 Å². The number of hydrogen-bond acceptors (Lipinski definition) is 1. The molecule has 0 unspecified atom stereocenters. The van der Waals surface area contributed by atoms with Gasteiger partial charge in [0, 0.05) is 9.86 Å². The molecule has 0 radical (unpaired) electrons. The lowest BCUT2D eigenvalue weighted by molar-refractivity contribution is 0.713. The van der Waals surface area contributed by atoms with Crippen LogP contribution in [-0.4, -0.2) is 9.78 Å². The molecule has 0 saturated carbocycles. The Morgan fingerprint density at radius 1 is 1.47 bits per heavy atom. The molecule has 0 aliphatic rings. The summed E-state index contributed by atoms with van der Waals surface area (Å²) in [6, 6.07) is 6.07. The molecule has 2 aromatic rings. The highest BCUT2D eigenvalue weighted by atomic mass is 79.9. The van der Waals surface area contributed by atoms with E-state index in [-0.39, 0.29) is 0 Å². The number of benzene rings is 1. The molecule has 17 heavy (non-hydrogen) atoms. The van der Waals surface area contributed by atoms with Crippen LogP contribution in [0.4, 0.5) is 0 Å². The third-order valence-electron chi connectivity index (χ3n) is 2.46. The third kappa shape index (κ3) is 2.56. The van der Waals surface area contributed by atoms with E-state index < -0.39 is 0 Å². The van der Waals surface area contributed by atoms with E-state index in [9.17, 15) is 0 Å². The quantitative estimate of drug-likeness (QED) is 0.775. The highest BCUT2D eigenvalue weighted by Crippen LogP contribution is 2.23. The number of allylic oxidation sites excluding steroid dienone is 4. The van der Waals surface area contributed by atoms with Crippen LogP contribution in [0.25, 0.3) is 10.9 Å². The van der Waals surface area contributed by atoms with Crippen molar-refractivity contribution in [2.24, 2.45) is 0 Å². The predicted octanol–water partition coefficient (Wildman–Crippen LogP) is 4.10. The molecular formula is C14H13BrN2. The minimum Gasteiger partial charge on any atom is -0.260 e. The van der Waals surface area contributed by atoms with Gasteiger partial charge in [-0.15, -0.1) is 0 Å². The smallest absolute Gasteiger partial charge is 0.0697 e. The van der Waals surface area contributed by atoms with E-state index in [0.29, 0.717) is 6.54 Å². The van der Waals surface area contributed by atoms with Crippen LogP contribution < -0.4 is 0 Å². The Balaban J connectivity index is 2.31. The molecule has 0 atom stereocenters. The van der Waals surface area contributed by atoms with Gasteiger partial charge in [-0.2, -0.15) is 5.10 Å². The fourth-order valence-electron chi connectivity index (χ4n) is 1.64. The highest BCUT2D eigenvalue weighted by Gasteiger charge is 2.04. The SMILES string of the molecule is C=C/C=C\C(=C)Cn1ncc2c(Br)cccc21. The topological polar surface area (TPSA) is 17.8 Å². The average molecular weight is 289 g/mol. The molecule has 1 aromatic carbocycles. The molecule has 86 valence electrons. The van der Waals surface area contributed by atoms with Crippen molar-refractivity contribution >= 4 is 26.8 Å². The minimum atomic E-state index is 0.685. The summed E-state index contributed by atoms with van der Waals surface area (Å²) in [6.45, 7) is 8.31. The van der Waals surface area contributed by atoms with Crippen molar-refractivity contribution < 1.29 is 0 Å². The first-order valence-electron chi connectivity index (χ1n) is 5.29. The molecule has 0 N–H and O–H groups in total. The largest absolute Gasteiger partial charge is 0.260 e. The maximum absolute atomic E-state index is 4.37. The summed E-state index contributed by atoms with van der Waals surface area (Å²) >= 11 is 3.52. The van der Waals surface area contributed by atoms with Gasteiger partial charge < -0.3 is 0 Å². The van der Waals surface area contributed by atoms with Crippen molar-refractivity contribution in [3.05, 3.63) is 65.8 Å². The van der Waals surface area contributed by atoms with E-state index in [1.807, 2.05) is 35.2 Å². The Labute approximate surface area is 109 Å². The lowest BCUT2D eigenvalue weighted by atomic mass is 10.2. The van der Waals surface area contributed by atoms with Crippen LogP contribution in [0.15, 0.2) is 65.8 Å². The molecule has 0 saturated heterocycles. The molecule has 1 aromatic heterocycles. The molecule has 3 heteroatoms. The standard InChI is InChI=1S/C14H13BrN2/c1-3-4-6-11(2)10-17-14-8-5-7-13(15)12(14)9-16-17/h3-9H,1-2,10H2/b6-4-. The molecule has 0 amide bonds. The van der Waals surface area contributed by atoms with E-state index in [0.717, 1.165) is 20.9 Å². The Kier molecular flexibility index (Phi) is 3.59. The predicted molar refractivity (Wildman–Crippen MR) is 75.9 cm³/mol. The summed E-state index contributed by atoms with van der Waals surface area (Å²) in [7, 11) is 0. The van der Waals surface area contributed by atoms with E-state index in [1.54, 1.807) is 6.08 Å². The zero-order valence-corrected chi connectivity index (χ0v) is 11.0. The maximum atomic E-state index is 4.37. The summed E-state index contributed by atoms with van der Waals surface area (Å²) in [5, 5.41) is 5.49. The van der Waals surface area contributed by atoms with Gasteiger partial charge in [-0.1, -0.05) is 53.4 Å². The normalized spacial score (nSPS) is 11.1. The molecule has 0 fully saturated rings. The van der Waals surface area contributed by atoms with Gasteiger partial charge in [0.1, 0.15) is 0 Å². The van der Waals surface area contributed by atoms with E-state index in [1.165, 1.54) is 0 Å². The van der Waals surface area contributed by atoms with Crippen molar-refractivity contribution in [3.8, 4) is 0 Å². The van der Waals surface area contributed by atoms with Crippen molar-refractivity contribution in [2.45, 2.75) is 6.54 Å². The highest BCUT2D eigenvalue weighted by molar-refractivity contribution is 9.10. The number of aromatic nitrogens is 2. The second-order valence-electron chi connectivity index (χ2n) is 3.73. The fourth-order valence-corrected chi connectivity index (χ4v) is 2.10. The van der Waals surface area contributed by atoms with Crippen molar-refractivity contribution in [1.82, 2.24) is 9.78 Å². The Bertz CT molecular complexity index is 593. The van der Waals surface area contributed by atoms with Gasteiger partial charge in [0.15, 0.2) is 0 Å². The van der Waals surface area contributed by atoms with E-state index >= 15 is 0 Å². The molecule has 2 nitrogen and oxygen atoms in total. The number of halogens is 1. The van der Waals surface area contributed by atoms with Gasteiger partial charge >= 0.3 is 0 Å². The molecule has 0 spiro atoms. The maximum Gasteiger partial charge on any atom is 0.0697 e. The van der Waals surface area contributed by atoms with E-state index in [4.69, 9.17) is 0 Å². The van der Waals surface area contributed by atoms with Crippen molar-refractivity contribution in [1.29, 1.82) is 0 Å². The van der Waals surface area contributed by atoms with Crippen molar-refractivity contribution in [2.75, 3.05) is 0 Å². The summed E-state index contributed by atoms with van der Waals surface area (Å²) in [6.07, 6.45) is 7.43. The fraction of sp³-hybridized carbons (Fsp3) is 0.0714. The van der Waals surface area contributed by atoms with Crippen LogP contribution in [0.5, 0.6) is 0 Å². The minimum absolute atomic E-state index is 0.685. The summed E-state index contributed by atoms with van der Waals surface area (Å²) in [5.74, 6) is 0. The van der Waals surface area contributed by atoms with Crippen LogP contribution in [0.2, 0.25) is 0 Å². The van der Waals surface area contributed by atoms with Crippen LogP contribution in [0.1, 0.15) is 0 Å². The monoisotopic (exact) mass is 288 g/mol. The zero-order valence-electron chi connectivity index (χ0n) is 9.44. The first-order chi connectivity index (χ1) is 8.22. The molecule has 0 aliphatic heterocycles. The summed E-state index contributed by atoms with van der Waals surface area (Å²) < 4.78 is 3.00. The molecule has 0 aliphatic carbocycles. The Morgan fingerprint density at radius 2 is 2.29 bits per heavy atom. The van der Waals surface area contributed by atoms with Crippen LogP contribution >= 0.6 is 15.9 Å². The lowest BCUT2D eigenvalue weighted by Crippen LogP contribution is -2.00. The molecular weight excluding hydrogens is 276 g/mol. The van der Waals surface area contributed by atoms with Crippen LogP contribution in [0.3, 0.4) is 0 Å². The number of nitrogens with zero attached hydrogens (tertiary/aromatic N) is 2. The second-order valence-corrected chi connectivity index (χ2v) is 4.58. The third-order valence-corrected chi connectivity index (χ3v) is 3.15. The average Bonchev–Trinajstić information content (AvgIpc) is 2.71. The summed E-state index contributed by atoms with van der Waals surface area (Å²) in [4.78, 5) is 0. The summed E-state index contributed by atoms with van der Waals surface area (Å²) in [5.41, 5.74) is 2.10. The number of rotatable bonds is 4. The van der Waals surface area contributed by atoms with Gasteiger partial charge in [0.05, 0.1) is 18.3 Å². The Hall–Kier alpha value is -1.61. The van der Waals surface area contributed by atoms with Gasteiger partial charge in [-0.25, -0.2) is 0 Å². The van der Waals surface area contributed by atoms with Gasteiger partial charge in [-0.05, 0) is 17.7 Å². The van der Waals surface area contributed by atoms with Gasteiger partial charge in [-0.3, -0.25) is 4.68 Å².